The summed E-state index contributed by atoms with van der Waals surface area (Å²) in [4.78, 5) is 15.6. The van der Waals surface area contributed by atoms with Gasteiger partial charge in [-0.3, -0.25) is 0 Å². The lowest BCUT2D eigenvalue weighted by Gasteiger charge is -2.40. The fourth-order valence-electron chi connectivity index (χ4n) is 3.11. The summed E-state index contributed by atoms with van der Waals surface area (Å²) < 4.78 is 2.29. The first-order chi connectivity index (χ1) is 10.3. The lowest BCUT2D eigenvalue weighted by Crippen LogP contribution is -2.49. The maximum absolute atomic E-state index is 4.43. The molecule has 5 nitrogen and oxygen atoms in total. The molecule has 0 atom stereocenters. The molecule has 0 unspecified atom stereocenters. The number of aryl methyl sites for hydroxylation is 1. The average molecular weight is 283 g/mol. The summed E-state index contributed by atoms with van der Waals surface area (Å²) in [6.45, 7) is 5.40. The van der Waals surface area contributed by atoms with Gasteiger partial charge in [0.25, 0.3) is 0 Å². The summed E-state index contributed by atoms with van der Waals surface area (Å²) in [7, 11) is 0. The van der Waals surface area contributed by atoms with Crippen molar-refractivity contribution in [2.45, 2.75) is 38.6 Å². The molecule has 0 N–H and O–H groups in total. The van der Waals surface area contributed by atoms with E-state index in [9.17, 15) is 0 Å². The Hall–Kier alpha value is -1.91. The van der Waals surface area contributed by atoms with Crippen LogP contribution < -0.4 is 4.90 Å². The van der Waals surface area contributed by atoms with Gasteiger partial charge in [-0.25, -0.2) is 15.0 Å². The van der Waals surface area contributed by atoms with Crippen LogP contribution in [0.25, 0.3) is 0 Å². The zero-order valence-corrected chi connectivity index (χ0v) is 12.4. The van der Waals surface area contributed by atoms with Gasteiger partial charge in [-0.15, -0.1) is 0 Å². The molecule has 21 heavy (non-hydrogen) atoms. The van der Waals surface area contributed by atoms with Gasteiger partial charge in [-0.1, -0.05) is 6.92 Å². The van der Waals surface area contributed by atoms with Gasteiger partial charge in [-0.05, 0) is 12.8 Å². The SMILES string of the molecule is CCc1nccn1CC1CN(c2cc(C3CC3)ncn2)C1. The Bertz CT molecular complexity index is 625. The van der Waals surface area contributed by atoms with E-state index in [4.69, 9.17) is 0 Å². The molecule has 3 heterocycles. The quantitative estimate of drug-likeness (QED) is 0.844. The standard InChI is InChI=1S/C16H21N5/c1-2-15-17-5-6-20(15)8-12-9-21(10-12)16-7-14(13-3-4-13)18-11-19-16/h5-7,11-13H,2-4,8-10H2,1H3. The molecule has 0 bridgehead atoms. The van der Waals surface area contributed by atoms with Crippen LogP contribution in [0, 0.1) is 5.92 Å². The minimum Gasteiger partial charge on any atom is -0.356 e. The van der Waals surface area contributed by atoms with Crippen LogP contribution in [0.15, 0.2) is 24.8 Å². The summed E-state index contributed by atoms with van der Waals surface area (Å²) in [5.41, 5.74) is 1.23. The molecule has 0 amide bonds. The second-order valence-corrected chi connectivity index (χ2v) is 6.20. The molecule has 0 aromatic carbocycles. The van der Waals surface area contributed by atoms with Gasteiger partial charge in [0.05, 0.1) is 0 Å². The minimum absolute atomic E-state index is 0.696. The van der Waals surface area contributed by atoms with E-state index in [2.05, 4.69) is 43.6 Å². The fraction of sp³-hybridized carbons (Fsp3) is 0.562. The Balaban J connectivity index is 1.37. The van der Waals surface area contributed by atoms with Crippen molar-refractivity contribution < 1.29 is 0 Å². The molecule has 2 fully saturated rings. The third-order valence-electron chi connectivity index (χ3n) is 4.52. The molecule has 2 aromatic heterocycles. The van der Waals surface area contributed by atoms with E-state index in [1.807, 2.05) is 6.20 Å². The minimum atomic E-state index is 0.696. The number of hydrogen-bond donors (Lipinski definition) is 0. The molecule has 2 aromatic rings. The fourth-order valence-corrected chi connectivity index (χ4v) is 3.11. The molecule has 4 rings (SSSR count). The van der Waals surface area contributed by atoms with Gasteiger partial charge in [0.15, 0.2) is 0 Å². The van der Waals surface area contributed by atoms with E-state index in [0.29, 0.717) is 11.8 Å². The van der Waals surface area contributed by atoms with Crippen molar-refractivity contribution in [2.75, 3.05) is 18.0 Å². The first kappa shape index (κ1) is 12.8. The second kappa shape index (κ2) is 5.13. The molecule has 110 valence electrons. The molecular formula is C16H21N5. The third kappa shape index (κ3) is 2.52. The van der Waals surface area contributed by atoms with Crippen molar-refractivity contribution in [2.24, 2.45) is 5.92 Å². The zero-order chi connectivity index (χ0) is 14.2. The van der Waals surface area contributed by atoms with Crippen molar-refractivity contribution in [1.82, 2.24) is 19.5 Å². The van der Waals surface area contributed by atoms with E-state index >= 15 is 0 Å². The van der Waals surface area contributed by atoms with Gasteiger partial charge in [-0.2, -0.15) is 0 Å². The van der Waals surface area contributed by atoms with E-state index in [1.54, 1.807) is 6.33 Å². The Morgan fingerprint density at radius 3 is 2.81 bits per heavy atom. The molecule has 1 aliphatic heterocycles. The summed E-state index contributed by atoms with van der Waals surface area (Å²) >= 11 is 0. The number of anilines is 1. The van der Waals surface area contributed by atoms with Crippen molar-refractivity contribution in [3.63, 3.8) is 0 Å². The van der Waals surface area contributed by atoms with Gasteiger partial charge in [0.2, 0.25) is 0 Å². The molecule has 5 heteroatoms. The van der Waals surface area contributed by atoms with Crippen LogP contribution in [0.4, 0.5) is 5.82 Å². The molecular weight excluding hydrogens is 262 g/mol. The van der Waals surface area contributed by atoms with Crippen molar-refractivity contribution in [1.29, 1.82) is 0 Å². The Labute approximate surface area is 125 Å². The van der Waals surface area contributed by atoms with E-state index in [1.165, 1.54) is 24.4 Å². The second-order valence-electron chi connectivity index (χ2n) is 6.20. The zero-order valence-electron chi connectivity index (χ0n) is 12.4. The van der Waals surface area contributed by atoms with Crippen LogP contribution in [0.2, 0.25) is 0 Å². The van der Waals surface area contributed by atoms with Crippen LogP contribution in [0.5, 0.6) is 0 Å². The predicted molar refractivity (Wildman–Crippen MR) is 81.3 cm³/mol. The Kier molecular flexibility index (Phi) is 3.13. The van der Waals surface area contributed by atoms with Crippen LogP contribution in [-0.2, 0) is 13.0 Å². The molecule has 0 radical (unpaired) electrons. The molecule has 1 saturated carbocycles. The first-order valence-electron chi connectivity index (χ1n) is 7.90. The molecule has 1 aliphatic carbocycles. The summed E-state index contributed by atoms with van der Waals surface area (Å²) in [5.74, 6) is 3.68. The van der Waals surface area contributed by atoms with E-state index in [0.717, 1.165) is 31.9 Å². The largest absolute Gasteiger partial charge is 0.356 e. The molecule has 0 spiro atoms. The highest BCUT2D eigenvalue weighted by Crippen LogP contribution is 2.39. The third-order valence-corrected chi connectivity index (χ3v) is 4.52. The number of rotatable bonds is 5. The highest BCUT2D eigenvalue weighted by atomic mass is 15.3. The van der Waals surface area contributed by atoms with Gasteiger partial charge in [0.1, 0.15) is 18.0 Å². The van der Waals surface area contributed by atoms with Crippen LogP contribution in [0.3, 0.4) is 0 Å². The average Bonchev–Trinajstić information content (AvgIpc) is 3.22. The maximum atomic E-state index is 4.43. The van der Waals surface area contributed by atoms with Gasteiger partial charge < -0.3 is 9.47 Å². The number of imidazole rings is 1. The topological polar surface area (TPSA) is 46.8 Å². The highest BCUT2D eigenvalue weighted by molar-refractivity contribution is 5.43. The van der Waals surface area contributed by atoms with Gasteiger partial charge >= 0.3 is 0 Å². The van der Waals surface area contributed by atoms with E-state index < -0.39 is 0 Å². The number of nitrogens with zero attached hydrogens (tertiary/aromatic N) is 5. The van der Waals surface area contributed by atoms with Crippen molar-refractivity contribution in [3.05, 3.63) is 36.3 Å². The van der Waals surface area contributed by atoms with Crippen molar-refractivity contribution in [3.8, 4) is 0 Å². The predicted octanol–water partition coefficient (Wildman–Crippen LogP) is 2.25. The monoisotopic (exact) mass is 283 g/mol. The smallest absolute Gasteiger partial charge is 0.132 e. The number of aromatic nitrogens is 4. The lowest BCUT2D eigenvalue weighted by molar-refractivity contribution is 0.351. The van der Waals surface area contributed by atoms with Gasteiger partial charge in [0, 0.05) is 62.0 Å². The van der Waals surface area contributed by atoms with E-state index in [-0.39, 0.29) is 0 Å². The van der Waals surface area contributed by atoms with Crippen LogP contribution in [0.1, 0.15) is 37.2 Å². The lowest BCUT2D eigenvalue weighted by atomic mass is 10.00. The number of hydrogen-bond acceptors (Lipinski definition) is 4. The maximum Gasteiger partial charge on any atom is 0.132 e. The Morgan fingerprint density at radius 1 is 1.19 bits per heavy atom. The van der Waals surface area contributed by atoms with Crippen LogP contribution in [-0.4, -0.2) is 32.6 Å². The summed E-state index contributed by atoms with van der Waals surface area (Å²) in [6, 6.07) is 2.18. The normalized spacial score (nSPS) is 18.8. The molecule has 1 saturated heterocycles. The molecule has 2 aliphatic rings. The summed E-state index contributed by atoms with van der Waals surface area (Å²) in [5, 5.41) is 0. The highest BCUT2D eigenvalue weighted by Gasteiger charge is 2.30. The first-order valence-corrected chi connectivity index (χ1v) is 7.90. The summed E-state index contributed by atoms with van der Waals surface area (Å²) in [6.07, 6.45) is 9.31. The van der Waals surface area contributed by atoms with Crippen molar-refractivity contribution >= 4 is 5.82 Å². The Morgan fingerprint density at radius 2 is 2.05 bits per heavy atom. The van der Waals surface area contributed by atoms with Crippen LogP contribution >= 0.6 is 0 Å².